The van der Waals surface area contributed by atoms with E-state index in [1.54, 1.807) is 29.6 Å². The van der Waals surface area contributed by atoms with E-state index in [0.717, 1.165) is 0 Å². The van der Waals surface area contributed by atoms with E-state index in [2.05, 4.69) is 10.3 Å². The molecular formula is C16H14ClN3O3S. The van der Waals surface area contributed by atoms with Crippen LogP contribution in [0.2, 0.25) is 5.02 Å². The van der Waals surface area contributed by atoms with Crippen molar-refractivity contribution in [1.29, 1.82) is 0 Å². The summed E-state index contributed by atoms with van der Waals surface area (Å²) in [7, 11) is 0. The second-order valence-corrected chi connectivity index (χ2v) is 6.71. The molecule has 0 spiro atoms. The Morgan fingerprint density at radius 2 is 2.12 bits per heavy atom. The zero-order valence-electron chi connectivity index (χ0n) is 12.8. The lowest BCUT2D eigenvalue weighted by molar-refractivity contribution is -0.122. The normalized spacial score (nSPS) is 17.2. The number of carbonyl (C=O) groups excluding carboxylic acids is 3. The Hall–Kier alpha value is -2.25. The summed E-state index contributed by atoms with van der Waals surface area (Å²) in [6, 6.07) is 7.03. The van der Waals surface area contributed by atoms with Crippen molar-refractivity contribution in [3.05, 3.63) is 40.4 Å². The van der Waals surface area contributed by atoms with Crippen LogP contribution in [0.3, 0.4) is 0 Å². The lowest BCUT2D eigenvalue weighted by Crippen LogP contribution is -2.28. The molecule has 24 heavy (non-hydrogen) atoms. The largest absolute Gasteiger partial charge is 0.310 e. The fourth-order valence-corrected chi connectivity index (χ4v) is 3.48. The van der Waals surface area contributed by atoms with E-state index in [4.69, 9.17) is 11.6 Å². The SMILES string of the molecule is CC(=O)c1csc(NC(=O)C2CC(=O)N(c3ccccc3Cl)C2)n1. The van der Waals surface area contributed by atoms with Gasteiger partial charge in [0.15, 0.2) is 10.9 Å². The maximum Gasteiger partial charge on any atom is 0.231 e. The van der Waals surface area contributed by atoms with Gasteiger partial charge in [-0.1, -0.05) is 23.7 Å². The highest BCUT2D eigenvalue weighted by Gasteiger charge is 2.36. The van der Waals surface area contributed by atoms with Crippen molar-refractivity contribution in [1.82, 2.24) is 4.98 Å². The van der Waals surface area contributed by atoms with Crippen LogP contribution in [-0.4, -0.2) is 29.1 Å². The predicted molar refractivity (Wildman–Crippen MR) is 92.7 cm³/mol. The first-order chi connectivity index (χ1) is 11.5. The number of hydrogen-bond acceptors (Lipinski definition) is 5. The molecule has 1 aromatic heterocycles. The number of nitrogens with one attached hydrogen (secondary N) is 1. The quantitative estimate of drug-likeness (QED) is 0.847. The third-order valence-electron chi connectivity index (χ3n) is 3.73. The molecule has 1 fully saturated rings. The van der Waals surface area contributed by atoms with Gasteiger partial charge in [-0.3, -0.25) is 14.4 Å². The number of hydrogen-bond donors (Lipinski definition) is 1. The fraction of sp³-hybridized carbons (Fsp3) is 0.250. The highest BCUT2D eigenvalue weighted by atomic mass is 35.5. The molecule has 1 aliphatic rings. The highest BCUT2D eigenvalue weighted by molar-refractivity contribution is 7.14. The van der Waals surface area contributed by atoms with Crippen molar-refractivity contribution in [3.8, 4) is 0 Å². The Bertz CT molecular complexity index is 820. The molecule has 1 aromatic carbocycles. The van der Waals surface area contributed by atoms with Gasteiger partial charge in [0.05, 0.1) is 16.6 Å². The summed E-state index contributed by atoms with van der Waals surface area (Å²) in [6.07, 6.45) is 0.113. The molecule has 1 N–H and O–H groups in total. The number of benzene rings is 1. The van der Waals surface area contributed by atoms with Gasteiger partial charge in [0.25, 0.3) is 0 Å². The third kappa shape index (κ3) is 3.32. The Morgan fingerprint density at radius 3 is 2.79 bits per heavy atom. The van der Waals surface area contributed by atoms with Gasteiger partial charge < -0.3 is 10.2 Å². The Labute approximate surface area is 147 Å². The number of Topliss-reactive ketones (excluding diaryl/α,β-unsaturated/α-hetero) is 1. The molecule has 1 aliphatic heterocycles. The molecule has 2 heterocycles. The fourth-order valence-electron chi connectivity index (χ4n) is 2.49. The summed E-state index contributed by atoms with van der Waals surface area (Å²) in [4.78, 5) is 41.4. The summed E-state index contributed by atoms with van der Waals surface area (Å²) in [6.45, 7) is 1.68. The van der Waals surface area contributed by atoms with Crippen molar-refractivity contribution in [2.45, 2.75) is 13.3 Å². The molecular weight excluding hydrogens is 350 g/mol. The molecule has 0 saturated carbocycles. The van der Waals surface area contributed by atoms with Crippen molar-refractivity contribution in [2.24, 2.45) is 5.92 Å². The van der Waals surface area contributed by atoms with Gasteiger partial charge in [0.1, 0.15) is 5.69 Å². The number of ketones is 1. The first-order valence-electron chi connectivity index (χ1n) is 7.28. The van der Waals surface area contributed by atoms with Crippen LogP contribution in [-0.2, 0) is 9.59 Å². The van der Waals surface area contributed by atoms with E-state index >= 15 is 0 Å². The zero-order chi connectivity index (χ0) is 17.3. The van der Waals surface area contributed by atoms with Crippen LogP contribution in [0.5, 0.6) is 0 Å². The van der Waals surface area contributed by atoms with Crippen molar-refractivity contribution >= 4 is 51.4 Å². The van der Waals surface area contributed by atoms with Crippen LogP contribution in [0.15, 0.2) is 29.6 Å². The van der Waals surface area contributed by atoms with E-state index in [1.165, 1.54) is 23.2 Å². The minimum atomic E-state index is -0.488. The Morgan fingerprint density at radius 1 is 1.38 bits per heavy atom. The topological polar surface area (TPSA) is 79.4 Å². The third-order valence-corrected chi connectivity index (χ3v) is 4.81. The standard InChI is InChI=1S/C16H14ClN3O3S/c1-9(21)12-8-24-16(18-12)19-15(23)10-6-14(22)20(7-10)13-5-3-2-4-11(13)17/h2-5,8,10H,6-7H2,1H3,(H,18,19,23). The van der Waals surface area contributed by atoms with Crippen LogP contribution in [0.25, 0.3) is 0 Å². The van der Waals surface area contributed by atoms with Crippen LogP contribution in [0.4, 0.5) is 10.8 Å². The minimum Gasteiger partial charge on any atom is -0.310 e. The first-order valence-corrected chi connectivity index (χ1v) is 8.53. The van der Waals surface area contributed by atoms with E-state index in [9.17, 15) is 14.4 Å². The maximum atomic E-state index is 12.4. The van der Waals surface area contributed by atoms with Crippen molar-refractivity contribution in [2.75, 3.05) is 16.8 Å². The number of amides is 2. The van der Waals surface area contributed by atoms with E-state index in [0.29, 0.717) is 21.5 Å². The number of nitrogens with zero attached hydrogens (tertiary/aromatic N) is 2. The minimum absolute atomic E-state index is 0.113. The summed E-state index contributed by atoms with van der Waals surface area (Å²) in [5.74, 6) is -1.08. The monoisotopic (exact) mass is 363 g/mol. The van der Waals surface area contributed by atoms with Crippen LogP contribution in [0, 0.1) is 5.92 Å². The average Bonchev–Trinajstić information content (AvgIpc) is 3.15. The van der Waals surface area contributed by atoms with Gasteiger partial charge in [-0.25, -0.2) is 4.98 Å². The lowest BCUT2D eigenvalue weighted by atomic mass is 10.1. The van der Waals surface area contributed by atoms with Crippen molar-refractivity contribution in [3.63, 3.8) is 0 Å². The molecule has 2 aromatic rings. The lowest BCUT2D eigenvalue weighted by Gasteiger charge is -2.17. The van der Waals surface area contributed by atoms with Crippen LogP contribution < -0.4 is 10.2 Å². The van der Waals surface area contributed by atoms with Gasteiger partial charge in [-0.15, -0.1) is 11.3 Å². The second kappa shape index (κ2) is 6.70. The molecule has 3 rings (SSSR count). The van der Waals surface area contributed by atoms with Gasteiger partial charge in [-0.2, -0.15) is 0 Å². The van der Waals surface area contributed by atoms with E-state index in [-0.39, 0.29) is 30.6 Å². The predicted octanol–water partition coefficient (Wildman–Crippen LogP) is 2.99. The Balaban J connectivity index is 1.70. The van der Waals surface area contributed by atoms with Crippen LogP contribution >= 0.6 is 22.9 Å². The van der Waals surface area contributed by atoms with E-state index in [1.807, 2.05) is 0 Å². The van der Waals surface area contributed by atoms with Gasteiger partial charge >= 0.3 is 0 Å². The number of thiazole rings is 1. The number of para-hydroxylation sites is 1. The number of rotatable bonds is 4. The molecule has 0 bridgehead atoms. The highest BCUT2D eigenvalue weighted by Crippen LogP contribution is 2.31. The Kier molecular flexibility index (Phi) is 4.64. The molecule has 6 nitrogen and oxygen atoms in total. The molecule has 1 saturated heterocycles. The first kappa shape index (κ1) is 16.6. The number of carbonyl (C=O) groups is 3. The maximum absolute atomic E-state index is 12.4. The molecule has 0 radical (unpaired) electrons. The summed E-state index contributed by atoms with van der Waals surface area (Å²) in [5.41, 5.74) is 0.920. The summed E-state index contributed by atoms with van der Waals surface area (Å²) >= 11 is 7.31. The van der Waals surface area contributed by atoms with Crippen LogP contribution in [0.1, 0.15) is 23.8 Å². The molecule has 2 amide bonds. The van der Waals surface area contributed by atoms with Crippen molar-refractivity contribution < 1.29 is 14.4 Å². The van der Waals surface area contributed by atoms with E-state index < -0.39 is 5.92 Å². The molecule has 124 valence electrons. The summed E-state index contributed by atoms with van der Waals surface area (Å²) < 4.78 is 0. The van der Waals surface area contributed by atoms with Gasteiger partial charge in [0, 0.05) is 25.3 Å². The molecule has 1 atom stereocenters. The second-order valence-electron chi connectivity index (χ2n) is 5.44. The molecule has 1 unspecified atom stereocenters. The number of halogens is 1. The number of anilines is 2. The van der Waals surface area contributed by atoms with Gasteiger partial charge in [-0.05, 0) is 12.1 Å². The number of aromatic nitrogens is 1. The average molecular weight is 364 g/mol. The summed E-state index contributed by atoms with van der Waals surface area (Å²) in [5, 5.41) is 5.09. The molecule has 0 aliphatic carbocycles. The van der Waals surface area contributed by atoms with Gasteiger partial charge in [0.2, 0.25) is 11.8 Å². The molecule has 8 heteroatoms. The smallest absolute Gasteiger partial charge is 0.231 e. The zero-order valence-corrected chi connectivity index (χ0v) is 14.4.